The van der Waals surface area contributed by atoms with E-state index < -0.39 is 0 Å². The van der Waals surface area contributed by atoms with Gasteiger partial charge in [0.1, 0.15) is 11.2 Å². The molecular weight excluding hydrogens is 424 g/mol. The SMILES string of the molecule is COC(=O)CCCCCCOc1cccc(Cn2cnc3c(-c4ccco4)nc(N)nc32)n1. The van der Waals surface area contributed by atoms with E-state index in [1.165, 1.54) is 7.11 Å². The summed E-state index contributed by atoms with van der Waals surface area (Å²) in [6.45, 7) is 1.02. The number of imidazole rings is 1. The Morgan fingerprint density at radius 3 is 2.79 bits per heavy atom. The summed E-state index contributed by atoms with van der Waals surface area (Å²) in [5.41, 5.74) is 8.51. The number of carbonyl (C=O) groups excluding carboxylic acids is 1. The standard InChI is InChI=1S/C23H26N6O4/c1-31-19(30)11-4-2-3-5-12-33-18-10-6-8-16(26-18)14-29-15-25-21-20(17-9-7-13-32-17)27-23(24)28-22(21)29/h6-10,13,15H,2-5,11-12,14H2,1H3,(H2,24,27,28). The first-order chi connectivity index (χ1) is 16.1. The second-order valence-corrected chi connectivity index (χ2v) is 7.51. The largest absolute Gasteiger partial charge is 0.478 e. The number of carbonyl (C=O) groups is 1. The molecule has 0 aromatic carbocycles. The lowest BCUT2D eigenvalue weighted by Gasteiger charge is -2.08. The van der Waals surface area contributed by atoms with Gasteiger partial charge in [0.05, 0.1) is 38.5 Å². The van der Waals surface area contributed by atoms with E-state index >= 15 is 0 Å². The minimum Gasteiger partial charge on any atom is -0.478 e. The zero-order valence-corrected chi connectivity index (χ0v) is 18.4. The fourth-order valence-corrected chi connectivity index (χ4v) is 3.47. The van der Waals surface area contributed by atoms with Crippen LogP contribution >= 0.6 is 0 Å². The number of nitrogen functional groups attached to an aromatic ring is 1. The first-order valence-electron chi connectivity index (χ1n) is 10.8. The monoisotopic (exact) mass is 450 g/mol. The molecule has 0 atom stereocenters. The van der Waals surface area contributed by atoms with Crippen molar-refractivity contribution in [2.75, 3.05) is 19.5 Å². The highest BCUT2D eigenvalue weighted by molar-refractivity contribution is 5.86. The summed E-state index contributed by atoms with van der Waals surface area (Å²) in [6.07, 6.45) is 7.40. The van der Waals surface area contributed by atoms with Gasteiger partial charge in [-0.3, -0.25) is 4.79 Å². The number of methoxy groups -OCH3 is 1. The fraction of sp³-hybridized carbons (Fsp3) is 0.348. The minimum atomic E-state index is -0.163. The zero-order valence-electron chi connectivity index (χ0n) is 18.4. The number of ether oxygens (including phenoxy) is 2. The molecule has 10 heteroatoms. The number of unbranched alkanes of at least 4 members (excludes halogenated alkanes) is 3. The maximum Gasteiger partial charge on any atom is 0.305 e. The summed E-state index contributed by atoms with van der Waals surface area (Å²) in [6, 6.07) is 9.26. The van der Waals surface area contributed by atoms with Gasteiger partial charge in [-0.1, -0.05) is 18.9 Å². The molecule has 172 valence electrons. The summed E-state index contributed by atoms with van der Waals surface area (Å²) >= 11 is 0. The first-order valence-corrected chi connectivity index (χ1v) is 10.8. The Hall–Kier alpha value is -3.95. The van der Waals surface area contributed by atoms with Gasteiger partial charge >= 0.3 is 5.97 Å². The summed E-state index contributed by atoms with van der Waals surface area (Å²) in [7, 11) is 1.41. The topological polar surface area (TPSA) is 131 Å². The highest BCUT2D eigenvalue weighted by Gasteiger charge is 2.16. The lowest BCUT2D eigenvalue weighted by molar-refractivity contribution is -0.140. The molecule has 0 bridgehead atoms. The van der Waals surface area contributed by atoms with Crippen LogP contribution in [0.1, 0.15) is 37.8 Å². The zero-order chi connectivity index (χ0) is 23.0. The van der Waals surface area contributed by atoms with E-state index in [4.69, 9.17) is 14.9 Å². The number of hydrogen-bond acceptors (Lipinski definition) is 9. The molecule has 0 aliphatic heterocycles. The molecule has 4 rings (SSSR count). The molecule has 4 aromatic heterocycles. The fourth-order valence-electron chi connectivity index (χ4n) is 3.47. The van der Waals surface area contributed by atoms with Crippen molar-refractivity contribution in [2.24, 2.45) is 0 Å². The Kier molecular flexibility index (Phi) is 7.13. The smallest absolute Gasteiger partial charge is 0.305 e. The van der Waals surface area contributed by atoms with Crippen molar-refractivity contribution < 1.29 is 18.7 Å². The van der Waals surface area contributed by atoms with E-state index in [0.717, 1.165) is 31.4 Å². The molecule has 0 aliphatic carbocycles. The molecule has 0 aliphatic rings. The highest BCUT2D eigenvalue weighted by atomic mass is 16.5. The van der Waals surface area contributed by atoms with Crippen LogP contribution < -0.4 is 10.5 Å². The molecule has 33 heavy (non-hydrogen) atoms. The van der Waals surface area contributed by atoms with E-state index in [-0.39, 0.29) is 11.9 Å². The van der Waals surface area contributed by atoms with Crippen LogP contribution in [0.4, 0.5) is 5.95 Å². The van der Waals surface area contributed by atoms with Gasteiger partial charge in [0.15, 0.2) is 11.4 Å². The van der Waals surface area contributed by atoms with Crippen LogP contribution in [0.5, 0.6) is 5.88 Å². The lowest BCUT2D eigenvalue weighted by Crippen LogP contribution is -2.06. The van der Waals surface area contributed by atoms with E-state index in [9.17, 15) is 4.79 Å². The maximum atomic E-state index is 11.1. The Bertz CT molecular complexity index is 1210. The molecule has 0 saturated carbocycles. The Labute approximate surface area is 190 Å². The Balaban J connectivity index is 1.36. The Morgan fingerprint density at radius 2 is 1.97 bits per heavy atom. The van der Waals surface area contributed by atoms with Crippen molar-refractivity contribution in [3.05, 3.63) is 48.6 Å². The molecule has 0 unspecified atom stereocenters. The van der Waals surface area contributed by atoms with Gasteiger partial charge in [-0.2, -0.15) is 4.98 Å². The number of fused-ring (bicyclic) bond motifs is 1. The Morgan fingerprint density at radius 1 is 1.09 bits per heavy atom. The first kappa shape index (κ1) is 22.3. The van der Waals surface area contributed by atoms with Crippen molar-refractivity contribution >= 4 is 23.1 Å². The molecule has 0 fully saturated rings. The van der Waals surface area contributed by atoms with Gasteiger partial charge in [-0.15, -0.1) is 0 Å². The van der Waals surface area contributed by atoms with Crippen LogP contribution in [0.2, 0.25) is 0 Å². The number of esters is 1. The van der Waals surface area contributed by atoms with Gasteiger partial charge in [-0.05, 0) is 31.0 Å². The van der Waals surface area contributed by atoms with Gasteiger partial charge in [0.2, 0.25) is 11.8 Å². The summed E-state index contributed by atoms with van der Waals surface area (Å²) < 4.78 is 17.8. The van der Waals surface area contributed by atoms with Gasteiger partial charge in [-0.25, -0.2) is 15.0 Å². The van der Waals surface area contributed by atoms with Crippen LogP contribution in [0, 0.1) is 0 Å². The molecule has 4 aromatic rings. The number of aromatic nitrogens is 5. The van der Waals surface area contributed by atoms with E-state index in [0.29, 0.717) is 48.1 Å². The van der Waals surface area contributed by atoms with Gasteiger partial charge in [0.25, 0.3) is 0 Å². The number of pyridine rings is 1. The van der Waals surface area contributed by atoms with Gasteiger partial charge < -0.3 is 24.2 Å². The second kappa shape index (κ2) is 10.6. The van der Waals surface area contributed by atoms with Crippen LogP contribution in [0.25, 0.3) is 22.6 Å². The number of furan rings is 1. The number of hydrogen-bond donors (Lipinski definition) is 1. The third-order valence-corrected chi connectivity index (χ3v) is 5.10. The normalized spacial score (nSPS) is 11.1. The molecule has 2 N–H and O–H groups in total. The molecule has 10 nitrogen and oxygen atoms in total. The predicted octanol–water partition coefficient (Wildman–Crippen LogP) is 3.61. The third kappa shape index (κ3) is 5.65. The van der Waals surface area contributed by atoms with Crippen LogP contribution in [-0.2, 0) is 16.1 Å². The molecule has 0 amide bonds. The number of nitrogens with zero attached hydrogens (tertiary/aromatic N) is 5. The molecule has 0 saturated heterocycles. The lowest BCUT2D eigenvalue weighted by atomic mass is 10.1. The van der Waals surface area contributed by atoms with Crippen molar-refractivity contribution in [3.63, 3.8) is 0 Å². The minimum absolute atomic E-state index is 0.146. The summed E-state index contributed by atoms with van der Waals surface area (Å²) in [4.78, 5) is 28.8. The van der Waals surface area contributed by atoms with E-state index in [1.54, 1.807) is 18.7 Å². The van der Waals surface area contributed by atoms with Crippen molar-refractivity contribution in [1.29, 1.82) is 0 Å². The molecular formula is C23H26N6O4. The summed E-state index contributed by atoms with van der Waals surface area (Å²) in [5.74, 6) is 1.13. The molecule has 4 heterocycles. The van der Waals surface area contributed by atoms with Crippen LogP contribution in [0.3, 0.4) is 0 Å². The average molecular weight is 450 g/mol. The number of anilines is 1. The van der Waals surface area contributed by atoms with Crippen molar-refractivity contribution in [1.82, 2.24) is 24.5 Å². The second-order valence-electron chi connectivity index (χ2n) is 7.51. The molecule has 0 spiro atoms. The van der Waals surface area contributed by atoms with Crippen LogP contribution in [0.15, 0.2) is 47.3 Å². The van der Waals surface area contributed by atoms with Crippen LogP contribution in [-0.4, -0.2) is 44.2 Å². The molecule has 0 radical (unpaired) electrons. The summed E-state index contributed by atoms with van der Waals surface area (Å²) in [5, 5.41) is 0. The number of nitrogens with two attached hydrogens (primary N) is 1. The van der Waals surface area contributed by atoms with E-state index in [2.05, 4.69) is 24.7 Å². The van der Waals surface area contributed by atoms with Gasteiger partial charge in [0, 0.05) is 12.5 Å². The predicted molar refractivity (Wildman–Crippen MR) is 121 cm³/mol. The van der Waals surface area contributed by atoms with E-state index in [1.807, 2.05) is 28.8 Å². The third-order valence-electron chi connectivity index (χ3n) is 5.10. The maximum absolute atomic E-state index is 11.1. The van der Waals surface area contributed by atoms with Crippen molar-refractivity contribution in [2.45, 2.75) is 38.6 Å². The number of rotatable bonds is 11. The quantitative estimate of drug-likeness (QED) is 0.269. The highest BCUT2D eigenvalue weighted by Crippen LogP contribution is 2.26. The average Bonchev–Trinajstić information content (AvgIpc) is 3.49. The van der Waals surface area contributed by atoms with Crippen molar-refractivity contribution in [3.8, 4) is 17.3 Å².